The second kappa shape index (κ2) is 8.68. The quantitative estimate of drug-likeness (QED) is 0.418. The van der Waals surface area contributed by atoms with E-state index in [2.05, 4.69) is 0 Å². The van der Waals surface area contributed by atoms with E-state index in [4.69, 9.17) is 13.6 Å². The van der Waals surface area contributed by atoms with E-state index in [-0.39, 0.29) is 12.2 Å². The highest BCUT2D eigenvalue weighted by Gasteiger charge is 2.41. The van der Waals surface area contributed by atoms with Crippen LogP contribution in [0.15, 0.2) is 42.5 Å². The fourth-order valence-corrected chi connectivity index (χ4v) is 4.60. The van der Waals surface area contributed by atoms with Gasteiger partial charge in [0.2, 0.25) is 0 Å². The highest BCUT2D eigenvalue weighted by molar-refractivity contribution is 6.81. The molecule has 0 aliphatic rings. The van der Waals surface area contributed by atoms with Crippen molar-refractivity contribution < 1.29 is 18.4 Å². The Kier molecular flexibility index (Phi) is 7.21. The molecule has 4 nitrogen and oxygen atoms in total. The number of ether oxygens (including phenoxy) is 1. The molecule has 1 aromatic rings. The monoisotopic (exact) mass is 294 g/mol. The van der Waals surface area contributed by atoms with E-state index in [0.717, 1.165) is 5.19 Å². The average Bonchev–Trinajstić information content (AvgIpc) is 2.46. The molecule has 0 aliphatic heterocycles. The number of esters is 1. The summed E-state index contributed by atoms with van der Waals surface area (Å²) >= 11 is 0. The van der Waals surface area contributed by atoms with Gasteiger partial charge in [0.25, 0.3) is 0 Å². The van der Waals surface area contributed by atoms with E-state index in [1.165, 1.54) is 6.08 Å². The van der Waals surface area contributed by atoms with Crippen LogP contribution in [0, 0.1) is 0 Å². The normalized spacial score (nSPS) is 11.8. The van der Waals surface area contributed by atoms with Crippen LogP contribution in [0.5, 0.6) is 0 Å². The van der Waals surface area contributed by atoms with Crippen LogP contribution >= 0.6 is 0 Å². The van der Waals surface area contributed by atoms with Crippen molar-refractivity contribution in [3.8, 4) is 0 Å². The number of allylic oxidation sites excluding steroid dienone is 1. The highest BCUT2D eigenvalue weighted by atomic mass is 28.4. The minimum atomic E-state index is -2.74. The van der Waals surface area contributed by atoms with Crippen LogP contribution in [0.1, 0.15) is 20.8 Å². The molecule has 0 aliphatic carbocycles. The third-order valence-electron chi connectivity index (χ3n) is 2.68. The summed E-state index contributed by atoms with van der Waals surface area (Å²) in [5.41, 5.74) is 0. The number of rotatable bonds is 8. The minimum absolute atomic E-state index is 0.155. The molecule has 0 saturated carbocycles. The van der Waals surface area contributed by atoms with Crippen molar-refractivity contribution in [1.82, 2.24) is 0 Å². The zero-order valence-electron chi connectivity index (χ0n) is 12.3. The van der Waals surface area contributed by atoms with E-state index in [0.29, 0.717) is 13.2 Å². The SMILES string of the molecule is CC=CC(=O)OC[Si](OCC)(OCC)c1ccccc1. The summed E-state index contributed by atoms with van der Waals surface area (Å²) in [5.74, 6) is -0.375. The van der Waals surface area contributed by atoms with Crippen molar-refractivity contribution in [2.45, 2.75) is 20.8 Å². The van der Waals surface area contributed by atoms with Gasteiger partial charge in [-0.2, -0.15) is 0 Å². The van der Waals surface area contributed by atoms with Crippen molar-refractivity contribution in [2.24, 2.45) is 0 Å². The molecule has 0 atom stereocenters. The predicted molar refractivity (Wildman–Crippen MR) is 80.9 cm³/mol. The standard InChI is InChI=1S/C15H22O4Si/c1-4-10-15(16)17-13-20(18-5-2,19-6-3)14-11-8-7-9-12-14/h4,7-12H,5-6,13H2,1-3H3. The molecule has 20 heavy (non-hydrogen) atoms. The molecule has 0 aromatic heterocycles. The maximum Gasteiger partial charge on any atom is 0.411 e. The fraction of sp³-hybridized carbons (Fsp3) is 0.400. The first-order valence-corrected chi connectivity index (χ1v) is 8.83. The molecule has 1 aromatic carbocycles. The topological polar surface area (TPSA) is 44.8 Å². The third kappa shape index (κ3) is 4.59. The Hall–Kier alpha value is -1.43. The second-order valence-corrected chi connectivity index (χ2v) is 7.04. The zero-order chi connectivity index (χ0) is 14.8. The fourth-order valence-electron chi connectivity index (χ4n) is 1.88. The highest BCUT2D eigenvalue weighted by Crippen LogP contribution is 2.10. The maximum atomic E-state index is 11.5. The lowest BCUT2D eigenvalue weighted by atomic mass is 10.4. The summed E-state index contributed by atoms with van der Waals surface area (Å²) in [5, 5.41) is 0.969. The van der Waals surface area contributed by atoms with Gasteiger partial charge in [0, 0.05) is 19.3 Å². The molecule has 0 saturated heterocycles. The van der Waals surface area contributed by atoms with Gasteiger partial charge < -0.3 is 13.6 Å². The number of benzene rings is 1. The molecule has 0 unspecified atom stereocenters. The summed E-state index contributed by atoms with van der Waals surface area (Å²) in [6.07, 6.45) is 3.19. The van der Waals surface area contributed by atoms with Gasteiger partial charge in [-0.05, 0) is 26.0 Å². The summed E-state index contributed by atoms with van der Waals surface area (Å²) in [6, 6.07) is 9.72. The summed E-state index contributed by atoms with van der Waals surface area (Å²) in [4.78, 5) is 11.5. The van der Waals surface area contributed by atoms with Crippen LogP contribution in [-0.2, 0) is 18.4 Å². The Morgan fingerprint density at radius 2 is 1.75 bits per heavy atom. The number of hydrogen-bond acceptors (Lipinski definition) is 4. The smallest absolute Gasteiger partial charge is 0.411 e. The van der Waals surface area contributed by atoms with Gasteiger partial charge in [-0.25, -0.2) is 4.79 Å². The lowest BCUT2D eigenvalue weighted by Crippen LogP contribution is -2.58. The van der Waals surface area contributed by atoms with Gasteiger partial charge in [-0.1, -0.05) is 36.4 Å². The maximum absolute atomic E-state index is 11.5. The van der Waals surface area contributed by atoms with Crippen molar-refractivity contribution in [3.05, 3.63) is 42.5 Å². The lowest BCUT2D eigenvalue weighted by molar-refractivity contribution is -0.136. The predicted octanol–water partition coefficient (Wildman–Crippen LogP) is 2.07. The number of hydrogen-bond donors (Lipinski definition) is 0. The number of carbonyl (C=O) groups excluding carboxylic acids is 1. The number of carbonyl (C=O) groups is 1. The molecule has 0 N–H and O–H groups in total. The largest absolute Gasteiger partial charge is 0.460 e. The Balaban J connectivity index is 2.96. The third-order valence-corrected chi connectivity index (χ3v) is 5.92. The Labute approximate surface area is 121 Å². The molecule has 0 fully saturated rings. The Morgan fingerprint density at radius 1 is 1.15 bits per heavy atom. The first-order valence-electron chi connectivity index (χ1n) is 6.81. The molecule has 5 heteroatoms. The van der Waals surface area contributed by atoms with E-state index in [1.807, 2.05) is 44.2 Å². The molecule has 0 amide bonds. The van der Waals surface area contributed by atoms with Gasteiger partial charge in [-0.3, -0.25) is 0 Å². The van der Waals surface area contributed by atoms with Gasteiger partial charge in [-0.15, -0.1) is 0 Å². The van der Waals surface area contributed by atoms with Crippen LogP contribution in [0.4, 0.5) is 0 Å². The first-order chi connectivity index (χ1) is 9.68. The molecule has 0 heterocycles. The first kappa shape index (κ1) is 16.6. The van der Waals surface area contributed by atoms with Crippen molar-refractivity contribution in [2.75, 3.05) is 19.4 Å². The van der Waals surface area contributed by atoms with Crippen LogP contribution in [0.25, 0.3) is 0 Å². The molecular formula is C15H22O4Si. The van der Waals surface area contributed by atoms with Gasteiger partial charge >= 0.3 is 14.5 Å². The molecule has 0 radical (unpaired) electrons. The van der Waals surface area contributed by atoms with Crippen LogP contribution in [0.2, 0.25) is 0 Å². The van der Waals surface area contributed by atoms with Crippen molar-refractivity contribution in [3.63, 3.8) is 0 Å². The van der Waals surface area contributed by atoms with E-state index < -0.39 is 8.56 Å². The summed E-state index contributed by atoms with van der Waals surface area (Å²) in [7, 11) is -2.74. The van der Waals surface area contributed by atoms with Gasteiger partial charge in [0.05, 0.1) is 0 Å². The summed E-state index contributed by atoms with van der Waals surface area (Å²) in [6.45, 7) is 6.63. The average molecular weight is 294 g/mol. The minimum Gasteiger partial charge on any atom is -0.460 e. The van der Waals surface area contributed by atoms with Crippen LogP contribution in [0.3, 0.4) is 0 Å². The van der Waals surface area contributed by atoms with E-state index in [1.54, 1.807) is 13.0 Å². The van der Waals surface area contributed by atoms with Crippen LogP contribution < -0.4 is 5.19 Å². The molecular weight excluding hydrogens is 272 g/mol. The van der Waals surface area contributed by atoms with E-state index in [9.17, 15) is 4.79 Å². The Morgan fingerprint density at radius 3 is 2.25 bits per heavy atom. The lowest BCUT2D eigenvalue weighted by Gasteiger charge is -2.29. The summed E-state index contributed by atoms with van der Waals surface area (Å²) < 4.78 is 17.1. The van der Waals surface area contributed by atoms with Crippen molar-refractivity contribution in [1.29, 1.82) is 0 Å². The molecule has 1 rings (SSSR count). The van der Waals surface area contributed by atoms with Gasteiger partial charge in [0.1, 0.15) is 6.23 Å². The second-order valence-electron chi connectivity index (χ2n) is 4.09. The van der Waals surface area contributed by atoms with Gasteiger partial charge in [0.15, 0.2) is 0 Å². The zero-order valence-corrected chi connectivity index (χ0v) is 13.3. The Bertz CT molecular complexity index is 425. The molecule has 0 bridgehead atoms. The van der Waals surface area contributed by atoms with Crippen LogP contribution in [-0.4, -0.2) is 34.0 Å². The van der Waals surface area contributed by atoms with Crippen molar-refractivity contribution >= 4 is 19.7 Å². The molecule has 0 spiro atoms. The molecule has 110 valence electrons. The van der Waals surface area contributed by atoms with E-state index >= 15 is 0 Å².